The van der Waals surface area contributed by atoms with Crippen molar-refractivity contribution < 1.29 is 18.3 Å². The number of hydrogen-bond donors (Lipinski definition) is 2. The topological polar surface area (TPSA) is 70.9 Å². The van der Waals surface area contributed by atoms with Crippen LogP contribution in [-0.4, -0.2) is 25.7 Å². The molecular formula is C20H21F3N4OS. The third kappa shape index (κ3) is 5.98. The van der Waals surface area contributed by atoms with Crippen molar-refractivity contribution in [3.63, 3.8) is 0 Å². The van der Waals surface area contributed by atoms with Gasteiger partial charge in [0.2, 0.25) is 5.95 Å². The number of halogens is 3. The van der Waals surface area contributed by atoms with Gasteiger partial charge < -0.3 is 10.4 Å². The lowest BCUT2D eigenvalue weighted by Gasteiger charge is -2.16. The molecule has 29 heavy (non-hydrogen) atoms. The number of allylic oxidation sites excluding steroid dienone is 4. The van der Waals surface area contributed by atoms with Gasteiger partial charge >= 0.3 is 6.18 Å². The minimum absolute atomic E-state index is 0.133. The summed E-state index contributed by atoms with van der Waals surface area (Å²) in [4.78, 5) is 12.8. The van der Waals surface area contributed by atoms with Gasteiger partial charge in [0.15, 0.2) is 0 Å². The zero-order valence-electron chi connectivity index (χ0n) is 16.0. The molecule has 1 aliphatic rings. The Bertz CT molecular complexity index is 971. The maximum Gasteiger partial charge on any atom is 0.433 e. The van der Waals surface area contributed by atoms with E-state index in [1.165, 1.54) is 11.3 Å². The maximum atomic E-state index is 12.9. The van der Waals surface area contributed by atoms with Gasteiger partial charge in [-0.05, 0) is 56.1 Å². The van der Waals surface area contributed by atoms with E-state index in [4.69, 9.17) is 0 Å². The Hall–Kier alpha value is -2.52. The first-order valence-electron chi connectivity index (χ1n) is 8.94. The van der Waals surface area contributed by atoms with Crippen molar-refractivity contribution in [1.29, 1.82) is 0 Å². The van der Waals surface area contributed by atoms with Crippen LogP contribution in [0.4, 0.5) is 19.1 Å². The number of alkyl halides is 3. The molecule has 0 amide bonds. The maximum absolute atomic E-state index is 12.9. The molecule has 2 heterocycles. The number of aliphatic hydroxyl groups is 1. The number of hydrogen-bond acceptors (Lipinski definition) is 6. The molecule has 0 aromatic carbocycles. The predicted molar refractivity (Wildman–Crippen MR) is 107 cm³/mol. The molecule has 0 saturated carbocycles. The molecule has 0 fully saturated rings. The first-order valence-corrected chi connectivity index (χ1v) is 9.76. The highest BCUT2D eigenvalue weighted by Crippen LogP contribution is 2.33. The molecular weight excluding hydrogens is 401 g/mol. The minimum atomic E-state index is -4.53. The largest absolute Gasteiger partial charge is 0.433 e. The highest BCUT2D eigenvalue weighted by Gasteiger charge is 2.32. The number of thiazole rings is 1. The summed E-state index contributed by atoms with van der Waals surface area (Å²) in [5, 5.41) is 13.6. The quantitative estimate of drug-likeness (QED) is 0.686. The molecule has 1 aliphatic carbocycles. The van der Waals surface area contributed by atoms with Crippen molar-refractivity contribution in [3.8, 4) is 0 Å². The minimum Gasteiger partial charge on any atom is -0.390 e. The van der Waals surface area contributed by atoms with E-state index in [0.717, 1.165) is 33.3 Å². The summed E-state index contributed by atoms with van der Waals surface area (Å²) >= 11 is 1.53. The van der Waals surface area contributed by atoms with E-state index in [9.17, 15) is 18.3 Å². The summed E-state index contributed by atoms with van der Waals surface area (Å²) in [6.45, 7) is 7.50. The number of nitrogens with zero attached hydrogens (tertiary/aromatic N) is 3. The molecule has 0 spiro atoms. The second-order valence-electron chi connectivity index (χ2n) is 7.42. The Balaban J connectivity index is 1.77. The third-order valence-corrected chi connectivity index (χ3v) is 5.26. The zero-order chi connectivity index (χ0) is 21.2. The standard InChI is InChI=1S/C20H21F3N4OS/c1-12-8-13(15-11-25-17(29-15)4-6-19(2,3)28)10-14(9-12)26-18-24-7-5-16(27-18)20(21,22)23/h5,7,9-11,28H,1,4,6,8H2,2-3H3,(H,24,26,27). The van der Waals surface area contributed by atoms with E-state index in [2.05, 4.69) is 26.8 Å². The average molecular weight is 422 g/mol. The highest BCUT2D eigenvalue weighted by atomic mass is 32.1. The van der Waals surface area contributed by atoms with Gasteiger partial charge in [-0.25, -0.2) is 15.0 Å². The Labute approximate surface area is 170 Å². The van der Waals surface area contributed by atoms with Crippen molar-refractivity contribution in [3.05, 3.63) is 64.0 Å². The number of nitrogens with one attached hydrogen (secondary N) is 1. The fraction of sp³-hybridized carbons (Fsp3) is 0.350. The first kappa shape index (κ1) is 21.2. The Kier molecular flexibility index (Phi) is 5.90. The van der Waals surface area contributed by atoms with Crippen LogP contribution in [0.2, 0.25) is 0 Å². The molecule has 9 heteroatoms. The molecule has 2 aromatic rings. The van der Waals surface area contributed by atoms with Crippen molar-refractivity contribution >= 4 is 22.9 Å². The number of anilines is 1. The first-order chi connectivity index (χ1) is 13.5. The second-order valence-corrected chi connectivity index (χ2v) is 8.54. The normalized spacial score (nSPS) is 15.2. The lowest BCUT2D eigenvalue weighted by Crippen LogP contribution is -2.19. The molecule has 2 aromatic heterocycles. The SMILES string of the molecule is C=C1C=C(Nc2nccc(C(F)(F)F)n2)C=C(c2cnc(CCC(C)(C)O)s2)C1. The molecule has 0 unspecified atom stereocenters. The Morgan fingerprint density at radius 2 is 2.00 bits per heavy atom. The summed E-state index contributed by atoms with van der Waals surface area (Å²) in [5.41, 5.74) is 0.562. The van der Waals surface area contributed by atoms with Gasteiger partial charge in [0.25, 0.3) is 0 Å². The van der Waals surface area contributed by atoms with Crippen LogP contribution in [0, 0.1) is 0 Å². The van der Waals surface area contributed by atoms with E-state index in [-0.39, 0.29) is 5.95 Å². The van der Waals surface area contributed by atoms with Crippen molar-refractivity contribution in [2.24, 2.45) is 0 Å². The van der Waals surface area contributed by atoms with E-state index in [1.807, 2.05) is 6.08 Å². The van der Waals surface area contributed by atoms with Gasteiger partial charge in [-0.2, -0.15) is 13.2 Å². The van der Waals surface area contributed by atoms with Gasteiger partial charge in [-0.15, -0.1) is 11.3 Å². The van der Waals surface area contributed by atoms with Gasteiger partial charge in [0, 0.05) is 24.5 Å². The summed E-state index contributed by atoms with van der Waals surface area (Å²) in [7, 11) is 0. The van der Waals surface area contributed by atoms with Crippen LogP contribution >= 0.6 is 11.3 Å². The lowest BCUT2D eigenvalue weighted by molar-refractivity contribution is -0.141. The van der Waals surface area contributed by atoms with Crippen LogP contribution in [0.3, 0.4) is 0 Å². The van der Waals surface area contributed by atoms with Gasteiger partial charge in [-0.3, -0.25) is 0 Å². The lowest BCUT2D eigenvalue weighted by atomic mass is 9.98. The molecule has 0 radical (unpaired) electrons. The van der Waals surface area contributed by atoms with Crippen LogP contribution in [0.25, 0.3) is 5.57 Å². The van der Waals surface area contributed by atoms with Crippen molar-refractivity contribution in [1.82, 2.24) is 15.0 Å². The monoisotopic (exact) mass is 422 g/mol. The Morgan fingerprint density at radius 3 is 2.69 bits per heavy atom. The van der Waals surface area contributed by atoms with Crippen LogP contribution in [0.5, 0.6) is 0 Å². The third-order valence-electron chi connectivity index (χ3n) is 4.13. The van der Waals surface area contributed by atoms with Crippen LogP contribution in [0.15, 0.2) is 48.5 Å². The number of aromatic nitrogens is 3. The summed E-state index contributed by atoms with van der Waals surface area (Å²) in [6, 6.07) is 0.827. The average Bonchev–Trinajstić information content (AvgIpc) is 3.08. The fourth-order valence-corrected chi connectivity index (χ4v) is 3.65. The molecule has 0 atom stereocenters. The number of rotatable bonds is 6. The van der Waals surface area contributed by atoms with E-state index in [0.29, 0.717) is 25.0 Å². The molecule has 0 aliphatic heterocycles. The van der Waals surface area contributed by atoms with Gasteiger partial charge in [0.05, 0.1) is 15.5 Å². The molecule has 0 bridgehead atoms. The molecule has 154 valence electrons. The predicted octanol–water partition coefficient (Wildman–Crippen LogP) is 4.99. The van der Waals surface area contributed by atoms with Crippen LogP contribution in [-0.2, 0) is 12.6 Å². The fourth-order valence-electron chi connectivity index (χ4n) is 2.72. The summed E-state index contributed by atoms with van der Waals surface area (Å²) in [5.74, 6) is -0.133. The molecule has 3 rings (SSSR count). The van der Waals surface area contributed by atoms with E-state index < -0.39 is 17.5 Å². The second kappa shape index (κ2) is 8.08. The van der Waals surface area contributed by atoms with Gasteiger partial charge in [-0.1, -0.05) is 6.58 Å². The Morgan fingerprint density at radius 1 is 1.24 bits per heavy atom. The molecule has 2 N–H and O–H groups in total. The van der Waals surface area contributed by atoms with E-state index in [1.54, 1.807) is 26.1 Å². The van der Waals surface area contributed by atoms with Crippen molar-refractivity contribution in [2.45, 2.75) is 44.9 Å². The van der Waals surface area contributed by atoms with Crippen molar-refractivity contribution in [2.75, 3.05) is 5.32 Å². The highest BCUT2D eigenvalue weighted by molar-refractivity contribution is 7.12. The van der Waals surface area contributed by atoms with E-state index >= 15 is 0 Å². The van der Waals surface area contributed by atoms with Crippen LogP contribution < -0.4 is 5.32 Å². The zero-order valence-corrected chi connectivity index (χ0v) is 16.9. The summed E-state index contributed by atoms with van der Waals surface area (Å²) < 4.78 is 38.6. The number of aryl methyl sites for hydroxylation is 1. The molecule has 5 nitrogen and oxygen atoms in total. The molecule has 0 saturated heterocycles. The van der Waals surface area contributed by atoms with Crippen LogP contribution in [0.1, 0.15) is 42.3 Å². The smallest absolute Gasteiger partial charge is 0.390 e. The summed E-state index contributed by atoms with van der Waals surface area (Å²) in [6.07, 6.45) is 3.78. The van der Waals surface area contributed by atoms with Gasteiger partial charge in [0.1, 0.15) is 5.69 Å².